The molecule has 6 aliphatic rings. The Morgan fingerprint density at radius 2 is 1.82 bits per heavy atom. The third-order valence-corrected chi connectivity index (χ3v) is 11.7. The van der Waals surface area contributed by atoms with Crippen LogP contribution in [0.15, 0.2) is 11.6 Å². The fourth-order valence-electron chi connectivity index (χ4n) is 9.81. The van der Waals surface area contributed by atoms with E-state index in [4.69, 9.17) is 18.9 Å². The molecule has 0 bridgehead atoms. The van der Waals surface area contributed by atoms with Gasteiger partial charge >= 0.3 is 18.0 Å². The molecular weight excluding hydrogens is 502 g/mol. The smallest absolute Gasteiger partial charge is 0.410 e. The standard InChI is InChI=1S/C30H43NO8/c1-18(32)38-24-16-30(35)23-5-4-20-15-21(39-27(34)31-10-12-36-13-11-31)6-8-28(20,2)22(23)7-9-29(30,3)26(24)19-14-25(33)37-17-19/h14,20-24,26,35H,4-13,15-17H2,1-3H3/t20-,21+,22+,23-,24+,26+,28+,29-,30+/m1/s1. The molecule has 2 heterocycles. The zero-order chi connectivity index (χ0) is 27.6. The second-order valence-electron chi connectivity index (χ2n) is 13.4. The molecule has 5 fully saturated rings. The van der Waals surface area contributed by atoms with E-state index in [1.165, 1.54) is 6.92 Å². The third kappa shape index (κ3) is 4.30. The molecule has 1 amide bonds. The maximum atomic E-state index is 12.7. The van der Waals surface area contributed by atoms with Crippen molar-refractivity contribution >= 4 is 18.0 Å². The average molecular weight is 546 g/mol. The van der Waals surface area contributed by atoms with Crippen LogP contribution in [0.25, 0.3) is 0 Å². The van der Waals surface area contributed by atoms with Gasteiger partial charge in [0.25, 0.3) is 0 Å². The van der Waals surface area contributed by atoms with Gasteiger partial charge in [-0.3, -0.25) is 4.79 Å². The van der Waals surface area contributed by atoms with Crippen LogP contribution in [0.3, 0.4) is 0 Å². The Labute approximate surface area is 230 Å². The number of ether oxygens (including phenoxy) is 4. The van der Waals surface area contributed by atoms with Gasteiger partial charge < -0.3 is 29.0 Å². The minimum absolute atomic E-state index is 0.0581. The monoisotopic (exact) mass is 545 g/mol. The largest absolute Gasteiger partial charge is 0.462 e. The second kappa shape index (κ2) is 9.75. The summed E-state index contributed by atoms with van der Waals surface area (Å²) < 4.78 is 22.4. The van der Waals surface area contributed by atoms with Crippen LogP contribution in [0.2, 0.25) is 0 Å². The summed E-state index contributed by atoms with van der Waals surface area (Å²) in [7, 11) is 0. The Balaban J connectivity index is 1.21. The highest BCUT2D eigenvalue weighted by molar-refractivity contribution is 5.85. The van der Waals surface area contributed by atoms with Crippen molar-refractivity contribution in [2.45, 2.75) is 89.9 Å². The lowest BCUT2D eigenvalue weighted by atomic mass is 9.43. The van der Waals surface area contributed by atoms with Crippen molar-refractivity contribution in [3.05, 3.63) is 11.6 Å². The van der Waals surface area contributed by atoms with Gasteiger partial charge in [0.2, 0.25) is 0 Å². The first kappa shape index (κ1) is 27.1. The van der Waals surface area contributed by atoms with Crippen molar-refractivity contribution in [1.82, 2.24) is 4.90 Å². The fourth-order valence-corrected chi connectivity index (χ4v) is 9.81. The van der Waals surface area contributed by atoms with E-state index in [1.54, 1.807) is 11.0 Å². The molecule has 0 aromatic carbocycles. The second-order valence-corrected chi connectivity index (χ2v) is 13.4. The summed E-state index contributed by atoms with van der Waals surface area (Å²) in [6, 6.07) is 0. The molecular formula is C30H43NO8. The quantitative estimate of drug-likeness (QED) is 0.423. The molecule has 4 aliphatic carbocycles. The molecule has 39 heavy (non-hydrogen) atoms. The third-order valence-electron chi connectivity index (χ3n) is 11.7. The minimum Gasteiger partial charge on any atom is -0.462 e. The lowest BCUT2D eigenvalue weighted by Gasteiger charge is -2.63. The van der Waals surface area contributed by atoms with Gasteiger partial charge in [-0.25, -0.2) is 9.59 Å². The first-order valence-electron chi connectivity index (χ1n) is 14.9. The summed E-state index contributed by atoms with van der Waals surface area (Å²) in [6.07, 6.45) is 7.52. The van der Waals surface area contributed by atoms with E-state index < -0.39 is 17.1 Å². The number of aliphatic hydroxyl groups is 1. The van der Waals surface area contributed by atoms with Gasteiger partial charge in [-0.2, -0.15) is 0 Å². The highest BCUT2D eigenvalue weighted by Gasteiger charge is 2.71. The lowest BCUT2D eigenvalue weighted by molar-refractivity contribution is -0.208. The first-order valence-corrected chi connectivity index (χ1v) is 14.9. The number of carbonyl (C=O) groups is 3. The number of esters is 2. The van der Waals surface area contributed by atoms with Crippen LogP contribution in [-0.2, 0) is 28.5 Å². The van der Waals surface area contributed by atoms with Gasteiger partial charge in [0, 0.05) is 43.8 Å². The summed E-state index contributed by atoms with van der Waals surface area (Å²) >= 11 is 0. The molecule has 0 aromatic rings. The predicted octanol–water partition coefficient (Wildman–Crippen LogP) is 3.62. The average Bonchev–Trinajstić information content (AvgIpc) is 3.41. The topological polar surface area (TPSA) is 112 Å². The van der Waals surface area contributed by atoms with E-state index in [2.05, 4.69) is 13.8 Å². The Morgan fingerprint density at radius 1 is 1.05 bits per heavy atom. The molecule has 6 rings (SSSR count). The number of morpholine rings is 1. The molecule has 0 aromatic heterocycles. The summed E-state index contributed by atoms with van der Waals surface area (Å²) in [5, 5.41) is 12.6. The Bertz CT molecular complexity index is 1050. The van der Waals surface area contributed by atoms with E-state index >= 15 is 0 Å². The van der Waals surface area contributed by atoms with Crippen molar-refractivity contribution in [3.8, 4) is 0 Å². The van der Waals surface area contributed by atoms with Crippen LogP contribution in [0.5, 0.6) is 0 Å². The van der Waals surface area contributed by atoms with Gasteiger partial charge in [-0.05, 0) is 73.7 Å². The SMILES string of the molecule is CC(=O)O[C@H]1C[C@]2(O)[C@@H]3CC[C@@H]4C[C@@H](OC(=O)N5CCOCC5)CC[C@]4(C)[C@H]3CC[C@]2(C)[C@H]1C1=CC(=O)OC1. The van der Waals surface area contributed by atoms with Crippen LogP contribution >= 0.6 is 0 Å². The highest BCUT2D eigenvalue weighted by Crippen LogP contribution is 2.70. The lowest BCUT2D eigenvalue weighted by Crippen LogP contribution is -2.62. The molecule has 1 N–H and O–H groups in total. The van der Waals surface area contributed by atoms with Gasteiger partial charge in [-0.15, -0.1) is 0 Å². The van der Waals surface area contributed by atoms with E-state index in [0.29, 0.717) is 44.6 Å². The molecule has 2 aliphatic heterocycles. The predicted molar refractivity (Wildman–Crippen MR) is 139 cm³/mol. The van der Waals surface area contributed by atoms with Crippen LogP contribution in [-0.4, -0.2) is 78.8 Å². The van der Waals surface area contributed by atoms with Crippen LogP contribution in [0.4, 0.5) is 4.79 Å². The molecule has 0 radical (unpaired) electrons. The van der Waals surface area contributed by atoms with Gasteiger partial charge in [-0.1, -0.05) is 13.8 Å². The first-order chi connectivity index (χ1) is 18.5. The van der Waals surface area contributed by atoms with Crippen molar-refractivity contribution in [2.24, 2.45) is 34.5 Å². The van der Waals surface area contributed by atoms with E-state index in [-0.39, 0.29) is 48.0 Å². The molecule has 9 atom stereocenters. The summed E-state index contributed by atoms with van der Waals surface area (Å²) in [5.74, 6) is -0.0890. The number of fused-ring (bicyclic) bond motifs is 5. The number of hydrogen-bond donors (Lipinski definition) is 1. The molecule has 216 valence electrons. The van der Waals surface area contributed by atoms with Crippen molar-refractivity contribution in [2.75, 3.05) is 32.9 Å². The molecule has 1 saturated heterocycles. The van der Waals surface area contributed by atoms with Crippen LogP contribution in [0.1, 0.15) is 72.1 Å². The van der Waals surface area contributed by atoms with Crippen molar-refractivity contribution in [3.63, 3.8) is 0 Å². The molecule has 0 unspecified atom stereocenters. The normalized spacial score (nSPS) is 45.4. The number of amides is 1. The number of carbonyl (C=O) groups excluding carboxylic acids is 3. The van der Waals surface area contributed by atoms with Crippen LogP contribution < -0.4 is 0 Å². The maximum Gasteiger partial charge on any atom is 0.410 e. The fraction of sp³-hybridized carbons (Fsp3) is 0.833. The number of cyclic esters (lactones) is 1. The molecule has 9 nitrogen and oxygen atoms in total. The Hall–Kier alpha value is -2.13. The zero-order valence-electron chi connectivity index (χ0n) is 23.5. The Kier molecular flexibility index (Phi) is 6.77. The number of rotatable bonds is 3. The summed E-state index contributed by atoms with van der Waals surface area (Å²) in [6.45, 7) is 8.43. The van der Waals surface area contributed by atoms with Crippen molar-refractivity contribution < 1.29 is 38.4 Å². The van der Waals surface area contributed by atoms with E-state index in [1.807, 2.05) is 0 Å². The Morgan fingerprint density at radius 3 is 2.51 bits per heavy atom. The van der Waals surface area contributed by atoms with E-state index in [0.717, 1.165) is 50.5 Å². The molecule has 0 spiro atoms. The number of nitrogens with zero attached hydrogens (tertiary/aromatic N) is 1. The zero-order valence-corrected chi connectivity index (χ0v) is 23.5. The summed E-state index contributed by atoms with van der Waals surface area (Å²) in [4.78, 5) is 38.6. The molecule has 4 saturated carbocycles. The van der Waals surface area contributed by atoms with Gasteiger partial charge in [0.05, 0.1) is 18.8 Å². The number of hydrogen-bond acceptors (Lipinski definition) is 8. The van der Waals surface area contributed by atoms with Crippen molar-refractivity contribution in [1.29, 1.82) is 0 Å². The van der Waals surface area contributed by atoms with Crippen LogP contribution in [0, 0.1) is 34.5 Å². The van der Waals surface area contributed by atoms with Gasteiger partial charge in [0.15, 0.2) is 0 Å². The highest BCUT2D eigenvalue weighted by atomic mass is 16.6. The van der Waals surface area contributed by atoms with E-state index in [9.17, 15) is 19.5 Å². The maximum absolute atomic E-state index is 12.7. The van der Waals surface area contributed by atoms with Gasteiger partial charge in [0.1, 0.15) is 18.8 Å². The summed E-state index contributed by atoms with van der Waals surface area (Å²) in [5.41, 5.74) is -0.614. The molecule has 9 heteroatoms. The minimum atomic E-state index is -0.999.